The summed E-state index contributed by atoms with van der Waals surface area (Å²) in [5.74, 6) is 0.103. The van der Waals surface area contributed by atoms with Crippen molar-refractivity contribution in [3.8, 4) is 0 Å². The molecule has 1 aromatic carbocycles. The van der Waals surface area contributed by atoms with E-state index in [1.807, 2.05) is 23.1 Å². The summed E-state index contributed by atoms with van der Waals surface area (Å²) in [5.41, 5.74) is 8.13. The second-order valence-electron chi connectivity index (χ2n) is 4.92. The van der Waals surface area contributed by atoms with E-state index < -0.39 is 0 Å². The number of fused-ring (bicyclic) bond motifs is 1. The van der Waals surface area contributed by atoms with Crippen LogP contribution in [0, 0.1) is 0 Å². The van der Waals surface area contributed by atoms with Gasteiger partial charge in [0, 0.05) is 25.4 Å². The third kappa shape index (κ3) is 3.14. The van der Waals surface area contributed by atoms with Crippen molar-refractivity contribution in [2.75, 3.05) is 25.2 Å². The van der Waals surface area contributed by atoms with Crippen LogP contribution in [0.4, 0.5) is 5.69 Å². The zero-order valence-electron chi connectivity index (χ0n) is 11.5. The highest BCUT2D eigenvalue weighted by atomic mass is 16.5. The number of hydrogen-bond donors (Lipinski definition) is 1. The van der Waals surface area contributed by atoms with Gasteiger partial charge in [-0.05, 0) is 30.9 Å². The molecule has 0 radical (unpaired) electrons. The van der Waals surface area contributed by atoms with E-state index in [4.69, 9.17) is 10.5 Å². The first-order valence-electron chi connectivity index (χ1n) is 6.87. The van der Waals surface area contributed by atoms with Gasteiger partial charge in [0.25, 0.3) is 0 Å². The highest BCUT2D eigenvalue weighted by Crippen LogP contribution is 2.29. The molecule has 1 aliphatic rings. The predicted molar refractivity (Wildman–Crippen MR) is 76.2 cm³/mol. The number of para-hydroxylation sites is 1. The van der Waals surface area contributed by atoms with E-state index in [2.05, 4.69) is 6.07 Å². The number of hydrogen-bond acceptors (Lipinski definition) is 3. The van der Waals surface area contributed by atoms with E-state index in [9.17, 15) is 4.79 Å². The van der Waals surface area contributed by atoms with Crippen LogP contribution in [0.2, 0.25) is 0 Å². The number of aryl methyl sites for hydroxylation is 1. The molecule has 2 N–H and O–H groups in total. The standard InChI is InChI=1S/C15H22N2O2/c1-19-10-9-15(18)17-13(11-16)7-4-6-12-5-2-3-8-14(12)17/h2-3,5,8,13H,4,6-7,9-11,16H2,1H3. The van der Waals surface area contributed by atoms with Gasteiger partial charge in [-0.15, -0.1) is 0 Å². The first-order valence-corrected chi connectivity index (χ1v) is 6.87. The fraction of sp³-hybridized carbons (Fsp3) is 0.533. The first kappa shape index (κ1) is 14.0. The van der Waals surface area contributed by atoms with Crippen LogP contribution in [0.5, 0.6) is 0 Å². The summed E-state index contributed by atoms with van der Waals surface area (Å²) in [6.45, 7) is 0.960. The SMILES string of the molecule is COCCC(=O)N1c2ccccc2CCCC1CN. The van der Waals surface area contributed by atoms with Crippen LogP contribution in [0.15, 0.2) is 24.3 Å². The van der Waals surface area contributed by atoms with Crippen molar-refractivity contribution >= 4 is 11.6 Å². The number of carbonyl (C=O) groups is 1. The molecule has 19 heavy (non-hydrogen) atoms. The summed E-state index contributed by atoms with van der Waals surface area (Å²) in [4.78, 5) is 14.3. The summed E-state index contributed by atoms with van der Waals surface area (Å²) in [6.07, 6.45) is 3.46. The number of rotatable bonds is 4. The normalized spacial score (nSPS) is 18.8. The van der Waals surface area contributed by atoms with E-state index in [0.29, 0.717) is 19.6 Å². The zero-order valence-corrected chi connectivity index (χ0v) is 11.5. The van der Waals surface area contributed by atoms with Gasteiger partial charge in [0.1, 0.15) is 0 Å². The molecule has 0 fully saturated rings. The van der Waals surface area contributed by atoms with Crippen molar-refractivity contribution in [3.05, 3.63) is 29.8 Å². The van der Waals surface area contributed by atoms with Crippen molar-refractivity contribution in [2.24, 2.45) is 5.73 Å². The Morgan fingerprint density at radius 2 is 2.26 bits per heavy atom. The number of methoxy groups -OCH3 is 1. The maximum Gasteiger partial charge on any atom is 0.229 e. The second kappa shape index (κ2) is 6.68. The highest BCUT2D eigenvalue weighted by Gasteiger charge is 2.27. The Balaban J connectivity index is 2.31. The molecular formula is C15H22N2O2. The van der Waals surface area contributed by atoms with Gasteiger partial charge in [0.05, 0.1) is 13.0 Å². The Kier molecular flexibility index (Phi) is 4.93. The van der Waals surface area contributed by atoms with Crippen molar-refractivity contribution in [3.63, 3.8) is 0 Å². The maximum absolute atomic E-state index is 12.4. The van der Waals surface area contributed by atoms with E-state index >= 15 is 0 Å². The Morgan fingerprint density at radius 3 is 3.00 bits per heavy atom. The molecule has 1 atom stereocenters. The minimum atomic E-state index is 0.103. The summed E-state index contributed by atoms with van der Waals surface area (Å²) >= 11 is 0. The van der Waals surface area contributed by atoms with Gasteiger partial charge in [-0.1, -0.05) is 18.2 Å². The predicted octanol–water partition coefficient (Wildman–Crippen LogP) is 1.72. The van der Waals surface area contributed by atoms with Crippen molar-refractivity contribution in [1.82, 2.24) is 0 Å². The lowest BCUT2D eigenvalue weighted by Crippen LogP contribution is -2.44. The van der Waals surface area contributed by atoms with Crippen LogP contribution < -0.4 is 10.6 Å². The quantitative estimate of drug-likeness (QED) is 0.899. The smallest absolute Gasteiger partial charge is 0.229 e. The summed E-state index contributed by atoms with van der Waals surface area (Å²) in [7, 11) is 1.62. The summed E-state index contributed by atoms with van der Waals surface area (Å²) in [5, 5.41) is 0. The van der Waals surface area contributed by atoms with E-state index in [1.165, 1.54) is 5.56 Å². The van der Waals surface area contributed by atoms with Crippen molar-refractivity contribution in [1.29, 1.82) is 0 Å². The third-order valence-electron chi connectivity index (χ3n) is 3.66. The topological polar surface area (TPSA) is 55.6 Å². The molecule has 0 aromatic heterocycles. The zero-order chi connectivity index (χ0) is 13.7. The molecule has 0 bridgehead atoms. The number of amides is 1. The molecule has 2 rings (SSSR count). The van der Waals surface area contributed by atoms with Gasteiger partial charge in [-0.3, -0.25) is 4.79 Å². The van der Waals surface area contributed by atoms with Crippen molar-refractivity contribution < 1.29 is 9.53 Å². The van der Waals surface area contributed by atoms with Gasteiger partial charge >= 0.3 is 0 Å². The monoisotopic (exact) mass is 262 g/mol. The van der Waals surface area contributed by atoms with E-state index in [0.717, 1.165) is 24.9 Å². The number of nitrogens with zero attached hydrogens (tertiary/aromatic N) is 1. The summed E-state index contributed by atoms with van der Waals surface area (Å²) < 4.78 is 5.01. The third-order valence-corrected chi connectivity index (χ3v) is 3.66. The Bertz CT molecular complexity index is 434. The highest BCUT2D eigenvalue weighted by molar-refractivity contribution is 5.95. The molecular weight excluding hydrogens is 240 g/mol. The molecule has 0 saturated carbocycles. The second-order valence-corrected chi connectivity index (χ2v) is 4.92. The lowest BCUT2D eigenvalue weighted by molar-refractivity contribution is -0.119. The maximum atomic E-state index is 12.4. The minimum Gasteiger partial charge on any atom is -0.384 e. The molecule has 4 heteroatoms. The molecule has 1 amide bonds. The van der Waals surface area contributed by atoms with Gasteiger partial charge in [-0.2, -0.15) is 0 Å². The van der Waals surface area contributed by atoms with Gasteiger partial charge in [-0.25, -0.2) is 0 Å². The van der Waals surface area contributed by atoms with Crippen molar-refractivity contribution in [2.45, 2.75) is 31.7 Å². The molecule has 1 unspecified atom stereocenters. The molecule has 0 spiro atoms. The van der Waals surface area contributed by atoms with Crippen LogP contribution >= 0.6 is 0 Å². The van der Waals surface area contributed by atoms with Crippen LogP contribution in [-0.2, 0) is 16.0 Å². The molecule has 1 aromatic rings. The van der Waals surface area contributed by atoms with Gasteiger partial charge < -0.3 is 15.4 Å². The lowest BCUT2D eigenvalue weighted by Gasteiger charge is -2.30. The number of nitrogens with two attached hydrogens (primary N) is 1. The molecule has 1 aliphatic heterocycles. The summed E-state index contributed by atoms with van der Waals surface area (Å²) in [6, 6.07) is 8.24. The van der Waals surface area contributed by atoms with Gasteiger partial charge in [0.2, 0.25) is 5.91 Å². The number of carbonyl (C=O) groups excluding carboxylic acids is 1. The molecule has 0 saturated heterocycles. The molecule has 1 heterocycles. The number of ether oxygens (including phenoxy) is 1. The molecule has 104 valence electrons. The molecule has 4 nitrogen and oxygen atoms in total. The first-order chi connectivity index (χ1) is 9.27. The average Bonchev–Trinajstić information content (AvgIpc) is 2.63. The van der Waals surface area contributed by atoms with Crippen LogP contribution in [0.3, 0.4) is 0 Å². The Hall–Kier alpha value is -1.39. The largest absolute Gasteiger partial charge is 0.384 e. The van der Waals surface area contributed by atoms with E-state index in [1.54, 1.807) is 7.11 Å². The number of benzene rings is 1. The Morgan fingerprint density at radius 1 is 1.47 bits per heavy atom. The number of anilines is 1. The molecule has 0 aliphatic carbocycles. The Labute approximate surface area is 114 Å². The van der Waals surface area contributed by atoms with Gasteiger partial charge in [0.15, 0.2) is 0 Å². The van der Waals surface area contributed by atoms with Crippen LogP contribution in [0.1, 0.15) is 24.8 Å². The fourth-order valence-electron chi connectivity index (χ4n) is 2.68. The average molecular weight is 262 g/mol. The fourth-order valence-corrected chi connectivity index (χ4v) is 2.68. The van der Waals surface area contributed by atoms with Crippen LogP contribution in [-0.4, -0.2) is 32.2 Å². The van der Waals surface area contributed by atoms with E-state index in [-0.39, 0.29) is 11.9 Å². The van der Waals surface area contributed by atoms with Crippen LogP contribution in [0.25, 0.3) is 0 Å². The minimum absolute atomic E-state index is 0.103. The lowest BCUT2D eigenvalue weighted by atomic mass is 10.1.